The maximum absolute atomic E-state index is 12.5. The van der Waals surface area contributed by atoms with Gasteiger partial charge in [0, 0.05) is 5.56 Å². The predicted molar refractivity (Wildman–Crippen MR) is 77.1 cm³/mol. The van der Waals surface area contributed by atoms with Gasteiger partial charge in [0.25, 0.3) is 0 Å². The quantitative estimate of drug-likeness (QED) is 0.675. The molecule has 20 heavy (non-hydrogen) atoms. The van der Waals surface area contributed by atoms with Gasteiger partial charge < -0.3 is 9.84 Å². The highest BCUT2D eigenvalue weighted by Gasteiger charge is 2.36. The van der Waals surface area contributed by atoms with E-state index in [-0.39, 0.29) is 5.78 Å². The molecule has 1 N–H and O–H groups in total. The summed E-state index contributed by atoms with van der Waals surface area (Å²) in [6.07, 6.45) is 7.89. The van der Waals surface area contributed by atoms with Gasteiger partial charge in [-0.1, -0.05) is 25.7 Å². The van der Waals surface area contributed by atoms with Crippen molar-refractivity contribution in [3.05, 3.63) is 29.8 Å². The van der Waals surface area contributed by atoms with Gasteiger partial charge in [-0.15, -0.1) is 0 Å². The molecule has 3 rings (SSSR count). The van der Waals surface area contributed by atoms with Gasteiger partial charge in [-0.3, -0.25) is 4.79 Å². The molecule has 0 amide bonds. The second kappa shape index (κ2) is 5.57. The SMILES string of the molecule is O=C(c1ccc(OC2CC2)cc1)C1(O)CCCCCC1. The van der Waals surface area contributed by atoms with E-state index in [9.17, 15) is 9.90 Å². The summed E-state index contributed by atoms with van der Waals surface area (Å²) in [7, 11) is 0. The number of carbonyl (C=O) groups is 1. The minimum Gasteiger partial charge on any atom is -0.490 e. The summed E-state index contributed by atoms with van der Waals surface area (Å²) in [5.74, 6) is 0.689. The summed E-state index contributed by atoms with van der Waals surface area (Å²) in [6, 6.07) is 7.24. The van der Waals surface area contributed by atoms with E-state index >= 15 is 0 Å². The van der Waals surface area contributed by atoms with Crippen LogP contribution in [0, 0.1) is 0 Å². The van der Waals surface area contributed by atoms with Gasteiger partial charge >= 0.3 is 0 Å². The molecule has 3 heteroatoms. The Kier molecular flexibility index (Phi) is 3.79. The van der Waals surface area contributed by atoms with E-state index in [1.54, 1.807) is 12.1 Å². The number of Topliss-reactive ketones (excluding diaryl/α,β-unsaturated/α-hetero) is 1. The molecule has 2 fully saturated rings. The number of hydrogen-bond donors (Lipinski definition) is 1. The molecule has 0 bridgehead atoms. The van der Waals surface area contributed by atoms with Crippen molar-refractivity contribution in [3.63, 3.8) is 0 Å². The molecule has 2 saturated carbocycles. The Labute approximate surface area is 120 Å². The Morgan fingerprint density at radius 3 is 2.20 bits per heavy atom. The third-order valence-electron chi connectivity index (χ3n) is 4.30. The number of benzene rings is 1. The van der Waals surface area contributed by atoms with Crippen LogP contribution in [0.1, 0.15) is 61.7 Å². The minimum atomic E-state index is -1.16. The van der Waals surface area contributed by atoms with Gasteiger partial charge in [0.15, 0.2) is 5.78 Å². The number of rotatable bonds is 4. The van der Waals surface area contributed by atoms with Gasteiger partial charge in [-0.25, -0.2) is 0 Å². The van der Waals surface area contributed by atoms with Gasteiger partial charge in [0.1, 0.15) is 11.4 Å². The lowest BCUT2D eigenvalue weighted by Gasteiger charge is -2.25. The van der Waals surface area contributed by atoms with Crippen LogP contribution in [0.25, 0.3) is 0 Å². The monoisotopic (exact) mass is 274 g/mol. The molecular formula is C17H22O3. The van der Waals surface area contributed by atoms with E-state index in [2.05, 4.69) is 0 Å². The molecule has 0 heterocycles. The maximum Gasteiger partial charge on any atom is 0.194 e. The summed E-state index contributed by atoms with van der Waals surface area (Å²) >= 11 is 0. The van der Waals surface area contributed by atoms with E-state index in [4.69, 9.17) is 4.74 Å². The van der Waals surface area contributed by atoms with Crippen LogP contribution >= 0.6 is 0 Å². The molecule has 2 aliphatic rings. The van der Waals surface area contributed by atoms with Gasteiger partial charge in [0.2, 0.25) is 0 Å². The number of ether oxygens (including phenoxy) is 1. The number of aliphatic hydroxyl groups is 1. The van der Waals surface area contributed by atoms with E-state index in [1.807, 2.05) is 12.1 Å². The standard InChI is InChI=1S/C17H22O3/c18-16(17(19)11-3-1-2-4-12-17)13-5-7-14(8-6-13)20-15-9-10-15/h5-8,15,19H,1-4,9-12H2. The first-order valence-electron chi connectivity index (χ1n) is 7.71. The zero-order chi connectivity index (χ0) is 14.0. The Morgan fingerprint density at radius 1 is 1.05 bits per heavy atom. The maximum atomic E-state index is 12.5. The Bertz CT molecular complexity index is 466. The first kappa shape index (κ1) is 13.6. The molecule has 0 spiro atoms. The Balaban J connectivity index is 1.71. The highest BCUT2D eigenvalue weighted by atomic mass is 16.5. The Morgan fingerprint density at radius 2 is 1.65 bits per heavy atom. The van der Waals surface area contributed by atoms with Gasteiger partial charge in [-0.2, -0.15) is 0 Å². The average molecular weight is 274 g/mol. The number of hydrogen-bond acceptors (Lipinski definition) is 3. The smallest absolute Gasteiger partial charge is 0.194 e. The van der Waals surface area contributed by atoms with E-state index in [1.165, 1.54) is 0 Å². The summed E-state index contributed by atoms with van der Waals surface area (Å²) < 4.78 is 5.68. The molecule has 108 valence electrons. The van der Waals surface area contributed by atoms with Crippen molar-refractivity contribution in [2.45, 2.75) is 63.1 Å². The zero-order valence-electron chi connectivity index (χ0n) is 11.8. The molecule has 2 aliphatic carbocycles. The molecule has 3 nitrogen and oxygen atoms in total. The van der Waals surface area contributed by atoms with Crippen molar-refractivity contribution in [3.8, 4) is 5.75 Å². The van der Waals surface area contributed by atoms with Crippen molar-refractivity contribution >= 4 is 5.78 Å². The normalized spacial score (nSPS) is 22.1. The first-order valence-corrected chi connectivity index (χ1v) is 7.71. The molecular weight excluding hydrogens is 252 g/mol. The average Bonchev–Trinajstić information content (AvgIpc) is 3.27. The first-order chi connectivity index (χ1) is 9.67. The van der Waals surface area contributed by atoms with Crippen molar-refractivity contribution in [2.24, 2.45) is 0 Å². The molecule has 1 aromatic carbocycles. The van der Waals surface area contributed by atoms with Crippen LogP contribution in [-0.2, 0) is 0 Å². The number of ketones is 1. The van der Waals surface area contributed by atoms with Crippen LogP contribution < -0.4 is 4.74 Å². The number of carbonyl (C=O) groups excluding carboxylic acids is 1. The molecule has 0 radical (unpaired) electrons. The summed E-state index contributed by atoms with van der Waals surface area (Å²) in [4.78, 5) is 12.5. The Hall–Kier alpha value is -1.35. The molecule has 0 unspecified atom stereocenters. The summed E-state index contributed by atoms with van der Waals surface area (Å²) in [5, 5.41) is 10.6. The van der Waals surface area contributed by atoms with Crippen molar-refractivity contribution in [2.75, 3.05) is 0 Å². The fourth-order valence-electron chi connectivity index (χ4n) is 2.87. The third kappa shape index (κ3) is 3.04. The molecule has 0 aromatic heterocycles. The van der Waals surface area contributed by atoms with Crippen LogP contribution in [0.3, 0.4) is 0 Å². The largest absolute Gasteiger partial charge is 0.490 e. The summed E-state index contributed by atoms with van der Waals surface area (Å²) in [5.41, 5.74) is -0.562. The second-order valence-corrected chi connectivity index (χ2v) is 6.12. The lowest BCUT2D eigenvalue weighted by Crippen LogP contribution is -2.38. The van der Waals surface area contributed by atoms with Crippen LogP contribution in [0.2, 0.25) is 0 Å². The zero-order valence-corrected chi connectivity index (χ0v) is 11.8. The van der Waals surface area contributed by atoms with Crippen molar-refractivity contribution < 1.29 is 14.6 Å². The van der Waals surface area contributed by atoms with Crippen molar-refractivity contribution in [1.29, 1.82) is 0 Å². The predicted octanol–water partition coefficient (Wildman–Crippen LogP) is 3.50. The fourth-order valence-corrected chi connectivity index (χ4v) is 2.87. The minimum absolute atomic E-state index is 0.127. The van der Waals surface area contributed by atoms with E-state index in [0.717, 1.165) is 44.3 Å². The topological polar surface area (TPSA) is 46.5 Å². The lowest BCUT2D eigenvalue weighted by molar-refractivity contribution is 0.0238. The molecule has 0 aliphatic heterocycles. The highest BCUT2D eigenvalue weighted by molar-refractivity contribution is 6.02. The van der Waals surface area contributed by atoms with Crippen LogP contribution in [0.4, 0.5) is 0 Å². The highest BCUT2D eigenvalue weighted by Crippen LogP contribution is 2.31. The fraction of sp³-hybridized carbons (Fsp3) is 0.588. The molecule has 1 aromatic rings. The second-order valence-electron chi connectivity index (χ2n) is 6.12. The van der Waals surface area contributed by atoms with Gasteiger partial charge in [-0.05, 0) is 49.9 Å². The van der Waals surface area contributed by atoms with E-state index < -0.39 is 5.60 Å². The molecule has 0 atom stereocenters. The van der Waals surface area contributed by atoms with E-state index in [0.29, 0.717) is 24.5 Å². The van der Waals surface area contributed by atoms with Crippen LogP contribution in [0.5, 0.6) is 5.75 Å². The van der Waals surface area contributed by atoms with Crippen molar-refractivity contribution in [1.82, 2.24) is 0 Å². The molecule has 0 saturated heterocycles. The van der Waals surface area contributed by atoms with Gasteiger partial charge in [0.05, 0.1) is 6.10 Å². The van der Waals surface area contributed by atoms with Crippen LogP contribution in [-0.4, -0.2) is 22.6 Å². The third-order valence-corrected chi connectivity index (χ3v) is 4.30. The summed E-state index contributed by atoms with van der Waals surface area (Å²) in [6.45, 7) is 0. The lowest BCUT2D eigenvalue weighted by atomic mass is 9.86. The van der Waals surface area contributed by atoms with Crippen LogP contribution in [0.15, 0.2) is 24.3 Å².